The van der Waals surface area contributed by atoms with Crippen LogP contribution in [-0.2, 0) is 5.41 Å². The Bertz CT molecular complexity index is 334. The second-order valence-electron chi connectivity index (χ2n) is 3.49. The second kappa shape index (κ2) is 4.91. The van der Waals surface area contributed by atoms with Crippen LogP contribution in [0.25, 0.3) is 0 Å². The Morgan fingerprint density at radius 3 is 1.44 bits per heavy atom. The van der Waals surface area contributed by atoms with Crippen molar-refractivity contribution in [2.24, 2.45) is 0 Å². The van der Waals surface area contributed by atoms with Crippen LogP contribution in [0.5, 0.6) is 0 Å². The van der Waals surface area contributed by atoms with Gasteiger partial charge in [0.25, 0.3) is 0 Å². The van der Waals surface area contributed by atoms with E-state index in [4.69, 9.17) is 69.6 Å². The van der Waals surface area contributed by atoms with Crippen molar-refractivity contribution >= 4 is 69.6 Å². The molecule has 0 bridgehead atoms. The molecule has 0 saturated carbocycles. The van der Waals surface area contributed by atoms with Gasteiger partial charge in [-0.2, -0.15) is 0 Å². The maximum Gasteiger partial charge on any atom is 0.203 e. The van der Waals surface area contributed by atoms with E-state index in [2.05, 4.69) is 0 Å². The summed E-state index contributed by atoms with van der Waals surface area (Å²) in [5, 5.41) is 0. The van der Waals surface area contributed by atoms with Gasteiger partial charge in [-0.3, -0.25) is 0 Å². The molecule has 0 radical (unpaired) electrons. The molecule has 0 N–H and O–H groups in total. The highest BCUT2D eigenvalue weighted by Gasteiger charge is 2.58. The summed E-state index contributed by atoms with van der Waals surface area (Å²) in [4.78, 5) is 0. The van der Waals surface area contributed by atoms with E-state index in [1.165, 1.54) is 0 Å². The van der Waals surface area contributed by atoms with Crippen LogP contribution in [0.2, 0.25) is 0 Å². The van der Waals surface area contributed by atoms with Crippen LogP contribution in [0.3, 0.4) is 0 Å². The summed E-state index contributed by atoms with van der Waals surface area (Å²) in [5.74, 6) is 0. The summed E-state index contributed by atoms with van der Waals surface area (Å²) < 4.78 is -3.47. The summed E-state index contributed by atoms with van der Waals surface area (Å²) in [7, 11) is 0. The Hall–Kier alpha value is 0.960. The number of hydrogen-bond donors (Lipinski definition) is 0. The summed E-state index contributed by atoms with van der Waals surface area (Å²) >= 11 is 35.6. The molecule has 0 aliphatic carbocycles. The van der Waals surface area contributed by atoms with E-state index in [1.807, 2.05) is 6.07 Å². The van der Waals surface area contributed by atoms with Gasteiger partial charge in [0.2, 0.25) is 7.59 Å². The Morgan fingerprint density at radius 2 is 1.12 bits per heavy atom. The minimum atomic E-state index is -1.74. The average molecular weight is 341 g/mol. The molecular formula is C10H8Cl6. The molecule has 0 aliphatic rings. The topological polar surface area (TPSA) is 0 Å². The standard InChI is InChI=1S/C10H8Cl6/c1-8(9(11,12)13,10(14,15)16)7-5-3-2-4-6-7/h2-6H,1H3. The first kappa shape index (κ1) is 15.0. The number of rotatable bonds is 1. The van der Waals surface area contributed by atoms with Crippen LogP contribution in [-0.4, -0.2) is 7.59 Å². The summed E-state index contributed by atoms with van der Waals surface area (Å²) in [5.41, 5.74) is -0.591. The van der Waals surface area contributed by atoms with E-state index in [9.17, 15) is 0 Å². The Labute approximate surface area is 125 Å². The first-order valence-electron chi connectivity index (χ1n) is 4.29. The van der Waals surface area contributed by atoms with Gasteiger partial charge in [0.1, 0.15) is 0 Å². The molecule has 16 heavy (non-hydrogen) atoms. The van der Waals surface area contributed by atoms with Crippen LogP contribution in [0.4, 0.5) is 0 Å². The van der Waals surface area contributed by atoms with Crippen LogP contribution in [0.1, 0.15) is 12.5 Å². The molecule has 1 rings (SSSR count). The van der Waals surface area contributed by atoms with Gasteiger partial charge in [0.05, 0.1) is 5.41 Å². The van der Waals surface area contributed by atoms with Crippen molar-refractivity contribution in [2.45, 2.75) is 19.9 Å². The molecule has 90 valence electrons. The van der Waals surface area contributed by atoms with E-state index in [1.54, 1.807) is 31.2 Å². The van der Waals surface area contributed by atoms with Crippen molar-refractivity contribution in [1.29, 1.82) is 0 Å². The Morgan fingerprint density at radius 1 is 0.750 bits per heavy atom. The third-order valence-corrected chi connectivity index (χ3v) is 4.75. The summed E-state index contributed by atoms with van der Waals surface area (Å²) in [6.07, 6.45) is 0. The van der Waals surface area contributed by atoms with Crippen molar-refractivity contribution in [3.63, 3.8) is 0 Å². The number of benzene rings is 1. The van der Waals surface area contributed by atoms with E-state index in [0.717, 1.165) is 0 Å². The Balaban J connectivity index is 3.39. The number of alkyl halides is 6. The highest BCUT2D eigenvalue weighted by atomic mass is 35.6. The lowest BCUT2D eigenvalue weighted by molar-refractivity contribution is 0.491. The highest BCUT2D eigenvalue weighted by molar-refractivity contribution is 6.73. The molecule has 1 aromatic carbocycles. The lowest BCUT2D eigenvalue weighted by atomic mass is 9.85. The molecule has 0 aromatic heterocycles. The molecule has 0 saturated heterocycles. The lowest BCUT2D eigenvalue weighted by Crippen LogP contribution is -2.48. The first-order chi connectivity index (χ1) is 7.11. The van der Waals surface area contributed by atoms with Crippen molar-refractivity contribution in [3.05, 3.63) is 35.9 Å². The molecule has 0 spiro atoms. The second-order valence-corrected chi connectivity index (χ2v) is 8.05. The minimum Gasteiger partial charge on any atom is -0.0825 e. The highest BCUT2D eigenvalue weighted by Crippen LogP contribution is 2.58. The third kappa shape index (κ3) is 2.68. The van der Waals surface area contributed by atoms with E-state index < -0.39 is 13.0 Å². The van der Waals surface area contributed by atoms with Gasteiger partial charge in [-0.25, -0.2) is 0 Å². The monoisotopic (exact) mass is 338 g/mol. The summed E-state index contributed by atoms with van der Waals surface area (Å²) in [6.45, 7) is 1.60. The van der Waals surface area contributed by atoms with Crippen LogP contribution in [0.15, 0.2) is 30.3 Å². The van der Waals surface area contributed by atoms with Gasteiger partial charge < -0.3 is 0 Å². The summed E-state index contributed by atoms with van der Waals surface area (Å²) in [6, 6.07) is 8.93. The lowest BCUT2D eigenvalue weighted by Gasteiger charge is -2.42. The van der Waals surface area contributed by atoms with Crippen LogP contribution >= 0.6 is 69.6 Å². The molecule has 0 heterocycles. The normalized spacial score (nSPS) is 13.9. The number of hydrogen-bond acceptors (Lipinski definition) is 0. The van der Waals surface area contributed by atoms with Gasteiger partial charge >= 0.3 is 0 Å². The van der Waals surface area contributed by atoms with E-state index in [0.29, 0.717) is 5.56 Å². The molecule has 0 fully saturated rings. The largest absolute Gasteiger partial charge is 0.203 e. The molecule has 0 nitrogen and oxygen atoms in total. The Kier molecular flexibility index (Phi) is 4.61. The van der Waals surface area contributed by atoms with Crippen molar-refractivity contribution in [2.75, 3.05) is 0 Å². The number of halogens is 6. The third-order valence-electron chi connectivity index (χ3n) is 2.49. The zero-order valence-electron chi connectivity index (χ0n) is 8.15. The maximum atomic E-state index is 5.94. The van der Waals surface area contributed by atoms with Gasteiger partial charge in [-0.1, -0.05) is 99.9 Å². The van der Waals surface area contributed by atoms with Gasteiger partial charge in [0, 0.05) is 0 Å². The molecule has 0 atom stereocenters. The molecule has 1 aromatic rings. The predicted octanol–water partition coefficient (Wildman–Crippen LogP) is 5.68. The molecule has 0 unspecified atom stereocenters. The van der Waals surface area contributed by atoms with Crippen molar-refractivity contribution < 1.29 is 0 Å². The minimum absolute atomic E-state index is 0.648. The zero-order valence-corrected chi connectivity index (χ0v) is 12.7. The maximum absolute atomic E-state index is 5.94. The average Bonchev–Trinajstić information content (AvgIpc) is 2.14. The van der Waals surface area contributed by atoms with Crippen molar-refractivity contribution in [1.82, 2.24) is 0 Å². The fourth-order valence-electron chi connectivity index (χ4n) is 1.26. The molecule has 0 amide bonds. The van der Waals surface area contributed by atoms with Crippen LogP contribution < -0.4 is 0 Å². The SMILES string of the molecule is CC(c1ccccc1)(C(Cl)(Cl)Cl)C(Cl)(Cl)Cl. The van der Waals surface area contributed by atoms with Gasteiger partial charge in [-0.15, -0.1) is 0 Å². The quantitative estimate of drug-likeness (QED) is 0.576. The van der Waals surface area contributed by atoms with Crippen molar-refractivity contribution in [3.8, 4) is 0 Å². The zero-order chi connectivity index (χ0) is 12.6. The fraction of sp³-hybridized carbons (Fsp3) is 0.400. The van der Waals surface area contributed by atoms with E-state index in [-0.39, 0.29) is 0 Å². The smallest absolute Gasteiger partial charge is 0.0825 e. The fourth-order valence-corrected chi connectivity index (χ4v) is 3.20. The molecule has 6 heteroatoms. The predicted molar refractivity (Wildman–Crippen MR) is 74.4 cm³/mol. The van der Waals surface area contributed by atoms with Gasteiger partial charge in [-0.05, 0) is 12.5 Å². The van der Waals surface area contributed by atoms with E-state index >= 15 is 0 Å². The van der Waals surface area contributed by atoms with Crippen LogP contribution in [0, 0.1) is 0 Å². The molecular weight excluding hydrogens is 333 g/mol. The van der Waals surface area contributed by atoms with Gasteiger partial charge in [0.15, 0.2) is 0 Å². The first-order valence-corrected chi connectivity index (χ1v) is 6.56. The molecule has 0 aliphatic heterocycles.